The molecule has 0 saturated heterocycles. The number of rotatable bonds is 4. The summed E-state index contributed by atoms with van der Waals surface area (Å²) in [6.07, 6.45) is 5.86. The van der Waals surface area contributed by atoms with E-state index in [1.807, 2.05) is 50.3 Å². The second-order valence-electron chi connectivity index (χ2n) is 3.10. The van der Waals surface area contributed by atoms with Crippen molar-refractivity contribution in [3.05, 3.63) is 48.6 Å². The van der Waals surface area contributed by atoms with E-state index in [1.165, 1.54) is 0 Å². The smallest absolute Gasteiger partial charge is 0.127 e. The molecule has 0 aliphatic carbocycles. The van der Waals surface area contributed by atoms with Crippen LogP contribution < -0.4 is 4.74 Å². The molecule has 1 rings (SSSR count). The van der Waals surface area contributed by atoms with Crippen LogP contribution in [0, 0.1) is 0 Å². The minimum atomic E-state index is 0.0430. The van der Waals surface area contributed by atoms with E-state index in [0.717, 1.165) is 11.3 Å². The maximum atomic E-state index is 5.68. The monoisotopic (exact) mass is 188 g/mol. The summed E-state index contributed by atoms with van der Waals surface area (Å²) in [5.74, 6) is 0.901. The van der Waals surface area contributed by atoms with Gasteiger partial charge in [0.1, 0.15) is 11.9 Å². The first-order chi connectivity index (χ1) is 6.77. The molecular weight excluding hydrogens is 172 g/mol. The maximum Gasteiger partial charge on any atom is 0.127 e. The Hall–Kier alpha value is -1.50. The van der Waals surface area contributed by atoms with E-state index in [2.05, 4.69) is 6.58 Å². The van der Waals surface area contributed by atoms with Crippen LogP contribution >= 0.6 is 0 Å². The van der Waals surface area contributed by atoms with E-state index in [-0.39, 0.29) is 6.10 Å². The van der Waals surface area contributed by atoms with Crippen LogP contribution in [0.1, 0.15) is 19.4 Å². The van der Waals surface area contributed by atoms with E-state index >= 15 is 0 Å². The molecule has 0 aliphatic rings. The fraction of sp³-hybridized carbons (Fsp3) is 0.231. The van der Waals surface area contributed by atoms with Crippen molar-refractivity contribution in [3.63, 3.8) is 0 Å². The first kappa shape index (κ1) is 10.6. The summed E-state index contributed by atoms with van der Waals surface area (Å²) >= 11 is 0. The molecule has 0 N–H and O–H groups in total. The van der Waals surface area contributed by atoms with Gasteiger partial charge in [0.05, 0.1) is 0 Å². The quantitative estimate of drug-likeness (QED) is 0.655. The molecule has 0 bridgehead atoms. The van der Waals surface area contributed by atoms with Crippen LogP contribution in [-0.4, -0.2) is 6.10 Å². The number of para-hydroxylation sites is 1. The molecule has 0 spiro atoms. The Balaban J connectivity index is 2.89. The van der Waals surface area contributed by atoms with Crippen molar-refractivity contribution in [2.45, 2.75) is 20.0 Å². The average Bonchev–Trinajstić information content (AvgIpc) is 2.21. The fourth-order valence-electron chi connectivity index (χ4n) is 1.15. The molecule has 0 amide bonds. The van der Waals surface area contributed by atoms with Crippen LogP contribution in [0.2, 0.25) is 0 Å². The Morgan fingerprint density at radius 3 is 2.71 bits per heavy atom. The number of ether oxygens (including phenoxy) is 1. The first-order valence-electron chi connectivity index (χ1n) is 4.79. The lowest BCUT2D eigenvalue weighted by Crippen LogP contribution is -2.07. The Labute approximate surface area is 85.7 Å². The van der Waals surface area contributed by atoms with Gasteiger partial charge in [-0.15, -0.1) is 0 Å². The number of hydrogen-bond acceptors (Lipinski definition) is 1. The second kappa shape index (κ2) is 5.28. The maximum absolute atomic E-state index is 5.68. The lowest BCUT2D eigenvalue weighted by molar-refractivity contribution is 0.269. The molecule has 0 heterocycles. The van der Waals surface area contributed by atoms with Gasteiger partial charge < -0.3 is 4.74 Å². The standard InChI is InChI=1S/C13H16O/c1-4-8-12-9-6-7-10-13(12)14-11(3)5-2/h4-11H,2H2,1,3H3/t11-/m1/s1. The largest absolute Gasteiger partial charge is 0.486 e. The Morgan fingerprint density at radius 2 is 2.07 bits per heavy atom. The molecule has 0 unspecified atom stereocenters. The molecule has 74 valence electrons. The van der Waals surface area contributed by atoms with Crippen LogP contribution in [-0.2, 0) is 0 Å². The van der Waals surface area contributed by atoms with Gasteiger partial charge in [0, 0.05) is 5.56 Å². The van der Waals surface area contributed by atoms with Crippen molar-refractivity contribution >= 4 is 6.08 Å². The van der Waals surface area contributed by atoms with E-state index in [0.29, 0.717) is 0 Å². The fourth-order valence-corrected chi connectivity index (χ4v) is 1.15. The summed E-state index contributed by atoms with van der Waals surface area (Å²) in [5.41, 5.74) is 1.10. The molecule has 1 aromatic rings. The van der Waals surface area contributed by atoms with Crippen molar-refractivity contribution in [3.8, 4) is 5.75 Å². The van der Waals surface area contributed by atoms with Gasteiger partial charge >= 0.3 is 0 Å². The normalized spacial score (nSPS) is 12.7. The van der Waals surface area contributed by atoms with Crippen LogP contribution in [0.4, 0.5) is 0 Å². The third-order valence-corrected chi connectivity index (χ3v) is 1.91. The summed E-state index contributed by atoms with van der Waals surface area (Å²) in [4.78, 5) is 0. The Kier molecular flexibility index (Phi) is 3.99. The molecule has 1 nitrogen and oxygen atoms in total. The molecular formula is C13H16O. The van der Waals surface area contributed by atoms with Gasteiger partial charge in [-0.05, 0) is 19.9 Å². The topological polar surface area (TPSA) is 9.23 Å². The van der Waals surface area contributed by atoms with Gasteiger partial charge in [0.15, 0.2) is 0 Å². The van der Waals surface area contributed by atoms with Crippen molar-refractivity contribution < 1.29 is 4.74 Å². The predicted molar refractivity (Wildman–Crippen MR) is 61.4 cm³/mol. The summed E-state index contributed by atoms with van der Waals surface area (Å²) < 4.78 is 5.68. The molecule has 1 heteroatoms. The van der Waals surface area contributed by atoms with Crippen LogP contribution in [0.5, 0.6) is 5.75 Å². The third-order valence-electron chi connectivity index (χ3n) is 1.91. The highest BCUT2D eigenvalue weighted by Crippen LogP contribution is 2.20. The van der Waals surface area contributed by atoms with E-state index in [1.54, 1.807) is 6.08 Å². The van der Waals surface area contributed by atoms with Gasteiger partial charge in [-0.3, -0.25) is 0 Å². The molecule has 0 aliphatic heterocycles. The van der Waals surface area contributed by atoms with Gasteiger partial charge in [0.2, 0.25) is 0 Å². The van der Waals surface area contributed by atoms with Crippen molar-refractivity contribution in [1.82, 2.24) is 0 Å². The summed E-state index contributed by atoms with van der Waals surface area (Å²) in [6, 6.07) is 7.97. The van der Waals surface area contributed by atoms with E-state index in [4.69, 9.17) is 4.74 Å². The summed E-state index contributed by atoms with van der Waals surface area (Å²) in [5, 5.41) is 0. The van der Waals surface area contributed by atoms with Gasteiger partial charge in [0.25, 0.3) is 0 Å². The zero-order valence-electron chi connectivity index (χ0n) is 8.73. The van der Waals surface area contributed by atoms with Crippen LogP contribution in [0.3, 0.4) is 0 Å². The third kappa shape index (κ3) is 2.77. The van der Waals surface area contributed by atoms with E-state index in [9.17, 15) is 0 Å². The highest BCUT2D eigenvalue weighted by molar-refractivity contribution is 5.56. The molecule has 14 heavy (non-hydrogen) atoms. The minimum absolute atomic E-state index is 0.0430. The second-order valence-corrected chi connectivity index (χ2v) is 3.10. The molecule has 0 fully saturated rings. The minimum Gasteiger partial charge on any atom is -0.486 e. The lowest BCUT2D eigenvalue weighted by atomic mass is 10.2. The van der Waals surface area contributed by atoms with Gasteiger partial charge in [-0.2, -0.15) is 0 Å². The Morgan fingerprint density at radius 1 is 1.36 bits per heavy atom. The van der Waals surface area contributed by atoms with Crippen molar-refractivity contribution in [1.29, 1.82) is 0 Å². The van der Waals surface area contributed by atoms with E-state index < -0.39 is 0 Å². The van der Waals surface area contributed by atoms with Gasteiger partial charge in [-0.25, -0.2) is 0 Å². The number of hydrogen-bond donors (Lipinski definition) is 0. The Bertz CT molecular complexity index is 326. The first-order valence-corrected chi connectivity index (χ1v) is 4.79. The molecule has 1 aromatic carbocycles. The van der Waals surface area contributed by atoms with Crippen molar-refractivity contribution in [2.24, 2.45) is 0 Å². The highest BCUT2D eigenvalue weighted by atomic mass is 16.5. The molecule has 0 radical (unpaired) electrons. The summed E-state index contributed by atoms with van der Waals surface area (Å²) in [7, 11) is 0. The van der Waals surface area contributed by atoms with Crippen LogP contribution in [0.15, 0.2) is 43.0 Å². The summed E-state index contributed by atoms with van der Waals surface area (Å²) in [6.45, 7) is 7.65. The molecule has 0 aromatic heterocycles. The predicted octanol–water partition coefficient (Wildman–Crippen LogP) is 3.67. The average molecular weight is 188 g/mol. The zero-order chi connectivity index (χ0) is 10.4. The molecule has 1 atom stereocenters. The van der Waals surface area contributed by atoms with Crippen molar-refractivity contribution in [2.75, 3.05) is 0 Å². The molecule has 0 saturated carbocycles. The zero-order valence-corrected chi connectivity index (χ0v) is 8.73. The lowest BCUT2D eigenvalue weighted by Gasteiger charge is -2.12. The van der Waals surface area contributed by atoms with Crippen LogP contribution in [0.25, 0.3) is 6.08 Å². The number of allylic oxidation sites excluding steroid dienone is 1. The van der Waals surface area contributed by atoms with Gasteiger partial charge in [-0.1, -0.05) is 43.0 Å². The number of benzene rings is 1. The SMILES string of the molecule is C=C[C@@H](C)Oc1ccccc1C=CC. The highest BCUT2D eigenvalue weighted by Gasteiger charge is 2.02.